The van der Waals surface area contributed by atoms with E-state index in [2.05, 4.69) is 0 Å². The Balaban J connectivity index is 1.60. The van der Waals surface area contributed by atoms with Crippen molar-refractivity contribution < 1.29 is 19.4 Å². The average Bonchev–Trinajstić information content (AvgIpc) is 3.40. The number of aryl methyl sites for hydroxylation is 1. The third kappa shape index (κ3) is 3.33. The maximum Gasteiger partial charge on any atom is 0.311 e. The topological polar surface area (TPSA) is 84.7 Å². The number of amides is 1. The van der Waals surface area contributed by atoms with E-state index in [1.165, 1.54) is 0 Å². The number of carbonyl (C=O) groups is 2. The predicted molar refractivity (Wildman–Crippen MR) is 107 cm³/mol. The van der Waals surface area contributed by atoms with Crippen LogP contribution in [0.3, 0.4) is 0 Å². The van der Waals surface area contributed by atoms with Gasteiger partial charge in [0.25, 0.3) is 0 Å². The van der Waals surface area contributed by atoms with Crippen molar-refractivity contribution in [3.05, 3.63) is 47.3 Å². The highest BCUT2D eigenvalue weighted by Gasteiger charge is 2.46. The SMILES string of the molecule is Cc1nn(-c2ccccc2)c(C)c1[C@H]1OCC[C@@H]1C(=O)N1CCC(C)(C(=O)O)C1. The standard InChI is InChI=1S/C22H27N3O4/c1-14-18(15(2)25(23-14)16-7-5-4-6-8-16)19-17(9-12-29-19)20(26)24-11-10-22(3,13-24)21(27)28/h4-8,17,19H,9-13H2,1-3H3,(H,27,28)/t17-,19-,22?/m0/s1. The summed E-state index contributed by atoms with van der Waals surface area (Å²) in [6, 6.07) is 9.90. The second-order valence-corrected chi connectivity index (χ2v) is 8.39. The molecule has 3 atom stereocenters. The van der Waals surface area contributed by atoms with Crippen molar-refractivity contribution in [1.82, 2.24) is 14.7 Å². The summed E-state index contributed by atoms with van der Waals surface area (Å²) < 4.78 is 7.92. The summed E-state index contributed by atoms with van der Waals surface area (Å²) in [5, 5.41) is 14.2. The number of hydrogen-bond donors (Lipinski definition) is 1. The minimum absolute atomic E-state index is 0.0104. The van der Waals surface area contributed by atoms with Crippen molar-refractivity contribution in [1.29, 1.82) is 0 Å². The van der Waals surface area contributed by atoms with Crippen LogP contribution in [0.15, 0.2) is 30.3 Å². The van der Waals surface area contributed by atoms with Gasteiger partial charge in [-0.15, -0.1) is 0 Å². The quantitative estimate of drug-likeness (QED) is 0.858. The van der Waals surface area contributed by atoms with Gasteiger partial charge in [0.2, 0.25) is 5.91 Å². The molecule has 1 amide bonds. The van der Waals surface area contributed by atoms with Crippen molar-refractivity contribution in [3.8, 4) is 5.69 Å². The Kier molecular flexibility index (Phi) is 4.94. The van der Waals surface area contributed by atoms with E-state index in [0.29, 0.717) is 26.0 Å². The molecule has 1 aromatic heterocycles. The largest absolute Gasteiger partial charge is 0.481 e. The number of para-hydroxylation sites is 1. The molecule has 0 saturated carbocycles. The van der Waals surface area contributed by atoms with Crippen LogP contribution in [0.2, 0.25) is 0 Å². The smallest absolute Gasteiger partial charge is 0.311 e. The lowest BCUT2D eigenvalue weighted by Gasteiger charge is -2.25. The normalized spacial score (nSPS) is 26.8. The van der Waals surface area contributed by atoms with Gasteiger partial charge < -0.3 is 14.7 Å². The molecule has 0 aliphatic carbocycles. The molecule has 2 saturated heterocycles. The van der Waals surface area contributed by atoms with Crippen LogP contribution in [0.25, 0.3) is 5.69 Å². The van der Waals surface area contributed by atoms with Crippen LogP contribution in [-0.2, 0) is 14.3 Å². The zero-order chi connectivity index (χ0) is 20.8. The molecule has 2 aliphatic rings. The lowest BCUT2D eigenvalue weighted by molar-refractivity contribution is -0.147. The van der Waals surface area contributed by atoms with Gasteiger partial charge in [-0.2, -0.15) is 5.10 Å². The summed E-state index contributed by atoms with van der Waals surface area (Å²) >= 11 is 0. The summed E-state index contributed by atoms with van der Waals surface area (Å²) in [6.07, 6.45) is 0.770. The van der Waals surface area contributed by atoms with Crippen molar-refractivity contribution in [2.75, 3.05) is 19.7 Å². The van der Waals surface area contributed by atoms with Crippen molar-refractivity contribution in [3.63, 3.8) is 0 Å². The summed E-state index contributed by atoms with van der Waals surface area (Å²) in [6.45, 7) is 6.91. The zero-order valence-electron chi connectivity index (χ0n) is 17.1. The lowest BCUT2D eigenvalue weighted by atomic mass is 9.90. The molecule has 154 valence electrons. The van der Waals surface area contributed by atoms with E-state index in [4.69, 9.17) is 9.84 Å². The van der Waals surface area contributed by atoms with Crippen LogP contribution >= 0.6 is 0 Å². The molecule has 0 bridgehead atoms. The van der Waals surface area contributed by atoms with Crippen molar-refractivity contribution >= 4 is 11.9 Å². The molecule has 2 fully saturated rings. The minimum atomic E-state index is -0.866. The summed E-state index contributed by atoms with van der Waals surface area (Å²) in [5.74, 6) is -1.16. The van der Waals surface area contributed by atoms with Crippen molar-refractivity contribution in [2.24, 2.45) is 11.3 Å². The molecule has 1 N–H and O–H groups in total. The molecular formula is C22H27N3O4. The van der Waals surface area contributed by atoms with Gasteiger partial charge in [-0.1, -0.05) is 18.2 Å². The van der Waals surface area contributed by atoms with E-state index in [9.17, 15) is 14.7 Å². The van der Waals surface area contributed by atoms with E-state index in [-0.39, 0.29) is 24.5 Å². The molecular weight excluding hydrogens is 370 g/mol. The summed E-state index contributed by atoms with van der Waals surface area (Å²) in [5.41, 5.74) is 2.89. The fourth-order valence-corrected chi connectivity index (χ4v) is 4.57. The van der Waals surface area contributed by atoms with E-state index in [1.54, 1.807) is 11.8 Å². The highest BCUT2D eigenvalue weighted by Crippen LogP contribution is 2.41. The first kappa shape index (κ1) is 19.6. The van der Waals surface area contributed by atoms with Gasteiger partial charge in [-0.3, -0.25) is 9.59 Å². The highest BCUT2D eigenvalue weighted by molar-refractivity contribution is 5.83. The molecule has 4 rings (SSSR count). The molecule has 0 spiro atoms. The van der Waals surface area contributed by atoms with Gasteiger partial charge in [0.05, 0.1) is 28.8 Å². The fraction of sp³-hybridized carbons (Fsp3) is 0.500. The van der Waals surface area contributed by atoms with Gasteiger partial charge >= 0.3 is 5.97 Å². The first-order valence-corrected chi connectivity index (χ1v) is 10.1. The number of aliphatic carboxylic acids is 1. The van der Waals surface area contributed by atoms with Crippen LogP contribution in [0.1, 0.15) is 42.8 Å². The lowest BCUT2D eigenvalue weighted by Crippen LogP contribution is -2.39. The maximum atomic E-state index is 13.3. The number of benzene rings is 1. The van der Waals surface area contributed by atoms with Crippen LogP contribution in [0.4, 0.5) is 0 Å². The molecule has 29 heavy (non-hydrogen) atoms. The van der Waals surface area contributed by atoms with Gasteiger partial charge in [0.15, 0.2) is 0 Å². The number of carboxylic acids is 1. The third-order valence-electron chi connectivity index (χ3n) is 6.34. The Hall–Kier alpha value is -2.67. The molecule has 1 unspecified atom stereocenters. The van der Waals surface area contributed by atoms with E-state index in [1.807, 2.05) is 48.9 Å². The molecule has 7 nitrogen and oxygen atoms in total. The predicted octanol–water partition coefficient (Wildman–Crippen LogP) is 2.89. The zero-order valence-corrected chi connectivity index (χ0v) is 17.1. The second kappa shape index (κ2) is 7.30. The molecule has 1 aromatic carbocycles. The number of carboxylic acid groups (broad SMARTS) is 1. The first-order chi connectivity index (χ1) is 13.8. The second-order valence-electron chi connectivity index (χ2n) is 8.39. The van der Waals surface area contributed by atoms with Crippen LogP contribution < -0.4 is 0 Å². The fourth-order valence-electron chi connectivity index (χ4n) is 4.57. The number of carbonyl (C=O) groups excluding carboxylic acids is 1. The molecule has 7 heteroatoms. The monoisotopic (exact) mass is 397 g/mol. The number of hydrogen-bond acceptors (Lipinski definition) is 4. The Morgan fingerprint density at radius 1 is 1.24 bits per heavy atom. The van der Waals surface area contributed by atoms with Gasteiger partial charge in [0.1, 0.15) is 0 Å². The van der Waals surface area contributed by atoms with Crippen LogP contribution in [-0.4, -0.2) is 51.4 Å². The Labute approximate surface area is 170 Å². The van der Waals surface area contributed by atoms with E-state index >= 15 is 0 Å². The number of rotatable bonds is 4. The average molecular weight is 397 g/mol. The van der Waals surface area contributed by atoms with E-state index in [0.717, 1.165) is 22.6 Å². The van der Waals surface area contributed by atoms with E-state index < -0.39 is 11.4 Å². The van der Waals surface area contributed by atoms with Gasteiger partial charge in [-0.05, 0) is 45.7 Å². The van der Waals surface area contributed by atoms with Crippen LogP contribution in [0, 0.1) is 25.2 Å². The summed E-state index contributed by atoms with van der Waals surface area (Å²) in [7, 11) is 0. The molecule has 0 radical (unpaired) electrons. The minimum Gasteiger partial charge on any atom is -0.481 e. The number of ether oxygens (including phenoxy) is 1. The van der Waals surface area contributed by atoms with Crippen LogP contribution in [0.5, 0.6) is 0 Å². The number of likely N-dealkylation sites (tertiary alicyclic amines) is 1. The van der Waals surface area contributed by atoms with Crippen molar-refractivity contribution in [2.45, 2.75) is 39.7 Å². The molecule has 2 aliphatic heterocycles. The van der Waals surface area contributed by atoms with Gasteiger partial charge in [-0.25, -0.2) is 4.68 Å². The molecule has 2 aromatic rings. The number of nitrogens with zero attached hydrogens (tertiary/aromatic N) is 3. The number of aromatic nitrogens is 2. The highest BCUT2D eigenvalue weighted by atomic mass is 16.5. The summed E-state index contributed by atoms with van der Waals surface area (Å²) in [4.78, 5) is 26.5. The third-order valence-corrected chi connectivity index (χ3v) is 6.34. The molecule has 3 heterocycles. The maximum absolute atomic E-state index is 13.3. The first-order valence-electron chi connectivity index (χ1n) is 10.1. The Bertz CT molecular complexity index is 939. The Morgan fingerprint density at radius 3 is 2.62 bits per heavy atom. The van der Waals surface area contributed by atoms with Gasteiger partial charge in [0, 0.05) is 31.0 Å². The Morgan fingerprint density at radius 2 is 1.97 bits per heavy atom.